The maximum atomic E-state index is 5.66. The van der Waals surface area contributed by atoms with Crippen LogP contribution in [0.5, 0.6) is 0 Å². The maximum absolute atomic E-state index is 5.66. The Morgan fingerprint density at radius 1 is 1.19 bits per heavy atom. The molecule has 0 radical (unpaired) electrons. The Labute approximate surface area is 132 Å². The molecule has 0 saturated heterocycles. The summed E-state index contributed by atoms with van der Waals surface area (Å²) >= 11 is 3.51. The van der Waals surface area contributed by atoms with Gasteiger partial charge in [-0.2, -0.15) is 0 Å². The minimum Gasteiger partial charge on any atom is -0.330 e. The minimum atomic E-state index is 0.667. The van der Waals surface area contributed by atoms with Crippen LogP contribution < -0.4 is 5.73 Å². The number of benzene rings is 2. The Morgan fingerprint density at radius 3 is 2.81 bits per heavy atom. The topological polar surface area (TPSA) is 43.8 Å². The van der Waals surface area contributed by atoms with E-state index < -0.39 is 0 Å². The normalized spacial score (nSPS) is 11.2. The van der Waals surface area contributed by atoms with Gasteiger partial charge in [-0.1, -0.05) is 34.1 Å². The van der Waals surface area contributed by atoms with Crippen molar-refractivity contribution >= 4 is 27.0 Å². The molecule has 21 heavy (non-hydrogen) atoms. The standard InChI is InChI=1S/C17H18BrN3/c1-2-21-16-7-6-14(18)11-15(16)20-17(21)13-5-3-4-12(10-13)8-9-19/h3-7,10-11H,2,8-9,19H2,1H3. The Balaban J connectivity index is 2.17. The maximum Gasteiger partial charge on any atom is 0.141 e. The molecule has 0 aliphatic heterocycles. The molecule has 0 unspecified atom stereocenters. The average Bonchev–Trinajstić information content (AvgIpc) is 2.85. The second-order valence-corrected chi connectivity index (χ2v) is 5.97. The fraction of sp³-hybridized carbons (Fsp3) is 0.235. The number of hydrogen-bond donors (Lipinski definition) is 1. The third kappa shape index (κ3) is 2.74. The molecule has 0 bridgehead atoms. The van der Waals surface area contributed by atoms with Gasteiger partial charge in [0, 0.05) is 16.6 Å². The molecule has 0 spiro atoms. The first kappa shape index (κ1) is 14.3. The molecule has 2 aromatic carbocycles. The average molecular weight is 344 g/mol. The summed E-state index contributed by atoms with van der Waals surface area (Å²) in [5, 5.41) is 0. The lowest BCUT2D eigenvalue weighted by molar-refractivity contribution is 0.796. The van der Waals surface area contributed by atoms with Crippen molar-refractivity contribution < 1.29 is 0 Å². The van der Waals surface area contributed by atoms with Crippen molar-refractivity contribution in [1.82, 2.24) is 9.55 Å². The third-order valence-electron chi connectivity index (χ3n) is 3.64. The van der Waals surface area contributed by atoms with Crippen LogP contribution in [0.25, 0.3) is 22.4 Å². The van der Waals surface area contributed by atoms with Crippen LogP contribution in [0.1, 0.15) is 12.5 Å². The molecule has 0 aliphatic carbocycles. The van der Waals surface area contributed by atoms with Crippen molar-refractivity contribution in [2.45, 2.75) is 19.9 Å². The lowest BCUT2D eigenvalue weighted by atomic mass is 10.1. The molecule has 2 N–H and O–H groups in total. The van der Waals surface area contributed by atoms with Gasteiger partial charge in [-0.3, -0.25) is 0 Å². The van der Waals surface area contributed by atoms with E-state index in [2.05, 4.69) is 69.9 Å². The van der Waals surface area contributed by atoms with E-state index in [0.29, 0.717) is 6.54 Å². The molecule has 4 heteroatoms. The van der Waals surface area contributed by atoms with Gasteiger partial charge < -0.3 is 10.3 Å². The highest BCUT2D eigenvalue weighted by molar-refractivity contribution is 9.10. The number of aromatic nitrogens is 2. The predicted octanol–water partition coefficient (Wildman–Crippen LogP) is 3.99. The Morgan fingerprint density at radius 2 is 2.05 bits per heavy atom. The number of nitrogens with two attached hydrogens (primary N) is 1. The smallest absolute Gasteiger partial charge is 0.141 e. The van der Waals surface area contributed by atoms with Gasteiger partial charge in [0.1, 0.15) is 5.82 Å². The Hall–Kier alpha value is -1.65. The summed E-state index contributed by atoms with van der Waals surface area (Å²) in [6, 6.07) is 14.7. The zero-order valence-corrected chi connectivity index (χ0v) is 13.6. The molecule has 1 aromatic heterocycles. The summed E-state index contributed by atoms with van der Waals surface area (Å²) in [5.41, 5.74) is 10.2. The number of fused-ring (bicyclic) bond motifs is 1. The van der Waals surface area contributed by atoms with Crippen molar-refractivity contribution in [1.29, 1.82) is 0 Å². The molecule has 3 rings (SSSR count). The molecule has 0 aliphatic rings. The van der Waals surface area contributed by atoms with Gasteiger partial charge in [-0.15, -0.1) is 0 Å². The van der Waals surface area contributed by atoms with E-state index in [-0.39, 0.29) is 0 Å². The predicted molar refractivity (Wildman–Crippen MR) is 91.3 cm³/mol. The molecule has 3 nitrogen and oxygen atoms in total. The summed E-state index contributed by atoms with van der Waals surface area (Å²) in [5.74, 6) is 1.02. The van der Waals surface area contributed by atoms with Crippen LogP contribution in [0.3, 0.4) is 0 Å². The number of hydrogen-bond acceptors (Lipinski definition) is 2. The van der Waals surface area contributed by atoms with Gasteiger partial charge in [0.25, 0.3) is 0 Å². The molecule has 0 fully saturated rings. The van der Waals surface area contributed by atoms with Gasteiger partial charge in [0.05, 0.1) is 11.0 Å². The lowest BCUT2D eigenvalue weighted by Crippen LogP contribution is -2.03. The van der Waals surface area contributed by atoms with E-state index in [0.717, 1.165) is 34.3 Å². The monoisotopic (exact) mass is 343 g/mol. The van der Waals surface area contributed by atoms with E-state index in [1.165, 1.54) is 11.1 Å². The van der Waals surface area contributed by atoms with Crippen molar-refractivity contribution in [2.24, 2.45) is 5.73 Å². The molecule has 3 aromatic rings. The van der Waals surface area contributed by atoms with Gasteiger partial charge in [0.15, 0.2) is 0 Å². The number of aryl methyl sites for hydroxylation is 1. The van der Waals surface area contributed by atoms with E-state index in [9.17, 15) is 0 Å². The molecule has 0 saturated carbocycles. The number of imidazole rings is 1. The second kappa shape index (κ2) is 6.00. The van der Waals surface area contributed by atoms with E-state index in [1.54, 1.807) is 0 Å². The summed E-state index contributed by atoms with van der Waals surface area (Å²) in [7, 11) is 0. The molecule has 0 amide bonds. The zero-order chi connectivity index (χ0) is 14.8. The molecule has 108 valence electrons. The highest BCUT2D eigenvalue weighted by atomic mass is 79.9. The van der Waals surface area contributed by atoms with Crippen LogP contribution in [0.4, 0.5) is 0 Å². The second-order valence-electron chi connectivity index (χ2n) is 5.05. The fourth-order valence-electron chi connectivity index (χ4n) is 2.68. The SMILES string of the molecule is CCn1c(-c2cccc(CCN)c2)nc2cc(Br)ccc21. The van der Waals surface area contributed by atoms with Crippen molar-refractivity contribution in [3.63, 3.8) is 0 Å². The summed E-state index contributed by atoms with van der Waals surface area (Å²) < 4.78 is 3.31. The Bertz CT molecular complexity index is 777. The van der Waals surface area contributed by atoms with E-state index >= 15 is 0 Å². The first-order valence-corrected chi connectivity index (χ1v) is 7.97. The molecular weight excluding hydrogens is 326 g/mol. The van der Waals surface area contributed by atoms with Crippen LogP contribution >= 0.6 is 15.9 Å². The highest BCUT2D eigenvalue weighted by Gasteiger charge is 2.12. The fourth-order valence-corrected chi connectivity index (χ4v) is 3.03. The first-order valence-electron chi connectivity index (χ1n) is 7.18. The van der Waals surface area contributed by atoms with Crippen molar-refractivity contribution in [3.8, 4) is 11.4 Å². The third-order valence-corrected chi connectivity index (χ3v) is 4.14. The van der Waals surface area contributed by atoms with E-state index in [1.807, 2.05) is 0 Å². The van der Waals surface area contributed by atoms with E-state index in [4.69, 9.17) is 10.7 Å². The van der Waals surface area contributed by atoms with Gasteiger partial charge in [-0.05, 0) is 49.7 Å². The first-order chi connectivity index (χ1) is 10.2. The summed E-state index contributed by atoms with van der Waals surface area (Å²) in [6.45, 7) is 3.71. The number of nitrogens with zero attached hydrogens (tertiary/aromatic N) is 2. The van der Waals surface area contributed by atoms with Crippen molar-refractivity contribution in [2.75, 3.05) is 6.54 Å². The largest absolute Gasteiger partial charge is 0.330 e. The summed E-state index contributed by atoms with van der Waals surface area (Å²) in [4.78, 5) is 4.82. The van der Waals surface area contributed by atoms with Crippen molar-refractivity contribution in [3.05, 3.63) is 52.5 Å². The molecule has 1 heterocycles. The minimum absolute atomic E-state index is 0.667. The van der Waals surface area contributed by atoms with Crippen LogP contribution in [0.15, 0.2) is 46.9 Å². The number of halogens is 1. The van der Waals surface area contributed by atoms with Gasteiger partial charge in [0.2, 0.25) is 0 Å². The number of rotatable bonds is 4. The summed E-state index contributed by atoms with van der Waals surface area (Å²) in [6.07, 6.45) is 0.895. The van der Waals surface area contributed by atoms with Gasteiger partial charge >= 0.3 is 0 Å². The zero-order valence-electron chi connectivity index (χ0n) is 12.0. The molecular formula is C17H18BrN3. The van der Waals surface area contributed by atoms with Crippen LogP contribution in [-0.2, 0) is 13.0 Å². The van der Waals surface area contributed by atoms with Crippen LogP contribution in [-0.4, -0.2) is 16.1 Å². The Kier molecular flexibility index (Phi) is 4.08. The van der Waals surface area contributed by atoms with Crippen LogP contribution in [0, 0.1) is 0 Å². The lowest BCUT2D eigenvalue weighted by Gasteiger charge is -2.07. The quantitative estimate of drug-likeness (QED) is 0.778. The molecule has 0 atom stereocenters. The van der Waals surface area contributed by atoms with Gasteiger partial charge in [-0.25, -0.2) is 4.98 Å². The highest BCUT2D eigenvalue weighted by Crippen LogP contribution is 2.27. The van der Waals surface area contributed by atoms with Crippen LogP contribution in [0.2, 0.25) is 0 Å².